The Morgan fingerprint density at radius 1 is 1.13 bits per heavy atom. The van der Waals surface area contributed by atoms with E-state index in [-0.39, 0.29) is 11.8 Å². The van der Waals surface area contributed by atoms with Gasteiger partial charge in [0.1, 0.15) is 5.75 Å². The maximum absolute atomic E-state index is 12.2. The molecular formula is C16H12ClN3O3. The molecule has 1 amide bonds. The number of ether oxygens (including phenoxy) is 1. The number of para-hydroxylation sites is 2. The molecule has 1 N–H and O–H groups in total. The molecule has 0 bridgehead atoms. The van der Waals surface area contributed by atoms with E-state index in [1.165, 1.54) is 7.11 Å². The van der Waals surface area contributed by atoms with Crippen molar-refractivity contribution in [2.75, 3.05) is 12.4 Å². The van der Waals surface area contributed by atoms with Crippen LogP contribution in [0.25, 0.3) is 11.5 Å². The zero-order valence-electron chi connectivity index (χ0n) is 12.1. The lowest BCUT2D eigenvalue weighted by Crippen LogP contribution is -2.13. The van der Waals surface area contributed by atoms with Crippen LogP contribution in [-0.2, 0) is 0 Å². The summed E-state index contributed by atoms with van der Waals surface area (Å²) in [7, 11) is 1.52. The minimum absolute atomic E-state index is 0.138. The highest BCUT2D eigenvalue weighted by Gasteiger charge is 2.17. The largest absolute Gasteiger partial charge is 0.495 e. The minimum atomic E-state index is -0.512. The van der Waals surface area contributed by atoms with Gasteiger partial charge in [-0.2, -0.15) is 0 Å². The van der Waals surface area contributed by atoms with Crippen molar-refractivity contribution in [3.63, 3.8) is 0 Å². The molecule has 2 aromatic carbocycles. The number of aromatic nitrogens is 2. The molecule has 0 saturated carbocycles. The van der Waals surface area contributed by atoms with Gasteiger partial charge in [0.05, 0.1) is 12.8 Å². The predicted molar refractivity (Wildman–Crippen MR) is 85.7 cm³/mol. The average Bonchev–Trinajstić information content (AvgIpc) is 3.06. The maximum Gasteiger partial charge on any atom is 0.313 e. The Balaban J connectivity index is 1.80. The summed E-state index contributed by atoms with van der Waals surface area (Å²) in [5.74, 6) is 0.133. The molecule has 7 heteroatoms. The number of rotatable bonds is 4. The van der Waals surface area contributed by atoms with Crippen LogP contribution in [0.15, 0.2) is 52.9 Å². The number of methoxy groups -OCH3 is 1. The van der Waals surface area contributed by atoms with E-state index < -0.39 is 5.91 Å². The third kappa shape index (κ3) is 3.32. The van der Waals surface area contributed by atoms with Gasteiger partial charge in [0, 0.05) is 10.6 Å². The number of carbonyl (C=O) groups is 1. The van der Waals surface area contributed by atoms with Crippen molar-refractivity contribution < 1.29 is 13.9 Å². The third-order valence-electron chi connectivity index (χ3n) is 3.07. The van der Waals surface area contributed by atoms with Gasteiger partial charge >= 0.3 is 11.8 Å². The number of nitrogens with zero attached hydrogens (tertiary/aromatic N) is 2. The van der Waals surface area contributed by atoms with E-state index >= 15 is 0 Å². The van der Waals surface area contributed by atoms with Crippen LogP contribution >= 0.6 is 11.6 Å². The van der Waals surface area contributed by atoms with Crippen LogP contribution in [0.2, 0.25) is 5.02 Å². The molecule has 23 heavy (non-hydrogen) atoms. The van der Waals surface area contributed by atoms with E-state index in [2.05, 4.69) is 15.5 Å². The fourth-order valence-corrected chi connectivity index (χ4v) is 2.07. The molecule has 0 aliphatic carbocycles. The van der Waals surface area contributed by atoms with E-state index in [9.17, 15) is 4.79 Å². The zero-order chi connectivity index (χ0) is 16.2. The predicted octanol–water partition coefficient (Wildman–Crippen LogP) is 3.65. The molecular weight excluding hydrogens is 318 g/mol. The van der Waals surface area contributed by atoms with Crippen molar-refractivity contribution in [1.29, 1.82) is 0 Å². The fraction of sp³-hybridized carbons (Fsp3) is 0.0625. The van der Waals surface area contributed by atoms with Gasteiger partial charge in [0.25, 0.3) is 0 Å². The number of hydrogen-bond acceptors (Lipinski definition) is 5. The molecule has 3 aromatic rings. The summed E-state index contributed by atoms with van der Waals surface area (Å²) >= 11 is 5.83. The first-order valence-corrected chi connectivity index (χ1v) is 7.09. The lowest BCUT2D eigenvalue weighted by atomic mass is 10.2. The van der Waals surface area contributed by atoms with Crippen molar-refractivity contribution in [2.45, 2.75) is 0 Å². The van der Waals surface area contributed by atoms with Crippen LogP contribution in [0, 0.1) is 0 Å². The van der Waals surface area contributed by atoms with Crippen LogP contribution in [0.4, 0.5) is 5.69 Å². The molecule has 0 spiro atoms. The Morgan fingerprint density at radius 3 is 2.61 bits per heavy atom. The van der Waals surface area contributed by atoms with Crippen molar-refractivity contribution >= 4 is 23.2 Å². The molecule has 0 atom stereocenters. The number of anilines is 1. The van der Waals surface area contributed by atoms with Gasteiger partial charge in [0.2, 0.25) is 5.89 Å². The summed E-state index contributed by atoms with van der Waals surface area (Å²) in [6.07, 6.45) is 0. The van der Waals surface area contributed by atoms with Crippen molar-refractivity contribution in [1.82, 2.24) is 10.2 Å². The van der Waals surface area contributed by atoms with E-state index in [0.717, 1.165) is 0 Å². The summed E-state index contributed by atoms with van der Waals surface area (Å²) in [4.78, 5) is 12.2. The first-order chi connectivity index (χ1) is 11.2. The van der Waals surface area contributed by atoms with Crippen LogP contribution in [-0.4, -0.2) is 23.2 Å². The first-order valence-electron chi connectivity index (χ1n) is 6.71. The lowest BCUT2D eigenvalue weighted by Gasteiger charge is -2.07. The average molecular weight is 330 g/mol. The normalized spacial score (nSPS) is 10.3. The molecule has 0 aliphatic rings. The molecule has 6 nitrogen and oxygen atoms in total. The molecule has 0 radical (unpaired) electrons. The van der Waals surface area contributed by atoms with Crippen LogP contribution in [0.5, 0.6) is 5.75 Å². The SMILES string of the molecule is COc1ccccc1NC(=O)c1nnc(-c2ccc(Cl)cc2)o1. The van der Waals surface area contributed by atoms with Gasteiger partial charge in [-0.15, -0.1) is 10.2 Å². The summed E-state index contributed by atoms with van der Waals surface area (Å²) < 4.78 is 10.6. The first kappa shape index (κ1) is 15.1. The van der Waals surface area contributed by atoms with E-state index in [0.29, 0.717) is 22.0 Å². The van der Waals surface area contributed by atoms with Gasteiger partial charge in [0.15, 0.2) is 0 Å². The van der Waals surface area contributed by atoms with Crippen molar-refractivity contribution in [3.8, 4) is 17.2 Å². The van der Waals surface area contributed by atoms with E-state index in [1.807, 2.05) is 0 Å². The Hall–Kier alpha value is -2.86. The number of hydrogen-bond donors (Lipinski definition) is 1. The van der Waals surface area contributed by atoms with Gasteiger partial charge in [-0.25, -0.2) is 0 Å². The molecule has 0 aliphatic heterocycles. The fourth-order valence-electron chi connectivity index (χ4n) is 1.95. The minimum Gasteiger partial charge on any atom is -0.495 e. The number of nitrogens with one attached hydrogen (secondary N) is 1. The highest BCUT2D eigenvalue weighted by Crippen LogP contribution is 2.24. The van der Waals surface area contributed by atoms with E-state index in [4.69, 9.17) is 20.8 Å². The molecule has 0 saturated heterocycles. The van der Waals surface area contributed by atoms with Gasteiger partial charge in [-0.1, -0.05) is 23.7 Å². The molecule has 0 fully saturated rings. The summed E-state index contributed by atoms with van der Waals surface area (Å²) in [5, 5.41) is 10.9. The lowest BCUT2D eigenvalue weighted by molar-refractivity contribution is 0.0990. The highest BCUT2D eigenvalue weighted by molar-refractivity contribution is 6.30. The Labute approximate surface area is 137 Å². The second-order valence-corrected chi connectivity index (χ2v) is 5.01. The number of amides is 1. The smallest absolute Gasteiger partial charge is 0.313 e. The Kier molecular flexibility index (Phi) is 4.25. The highest BCUT2D eigenvalue weighted by atomic mass is 35.5. The van der Waals surface area contributed by atoms with Gasteiger partial charge < -0.3 is 14.5 Å². The van der Waals surface area contributed by atoms with Crippen LogP contribution in [0.3, 0.4) is 0 Å². The molecule has 1 aromatic heterocycles. The monoisotopic (exact) mass is 329 g/mol. The standard InChI is InChI=1S/C16H12ClN3O3/c1-22-13-5-3-2-4-12(13)18-14(21)16-20-19-15(23-16)10-6-8-11(17)9-7-10/h2-9H,1H3,(H,18,21). The Morgan fingerprint density at radius 2 is 1.87 bits per heavy atom. The number of halogens is 1. The van der Waals surface area contributed by atoms with Gasteiger partial charge in [-0.3, -0.25) is 4.79 Å². The third-order valence-corrected chi connectivity index (χ3v) is 3.32. The summed E-state index contributed by atoms with van der Waals surface area (Å²) in [5.41, 5.74) is 1.20. The quantitative estimate of drug-likeness (QED) is 0.790. The number of carbonyl (C=O) groups excluding carboxylic acids is 1. The van der Waals surface area contributed by atoms with Crippen molar-refractivity contribution in [3.05, 3.63) is 59.4 Å². The Bertz CT molecular complexity index is 831. The van der Waals surface area contributed by atoms with Crippen LogP contribution < -0.4 is 10.1 Å². The van der Waals surface area contributed by atoms with Crippen molar-refractivity contribution in [2.24, 2.45) is 0 Å². The second-order valence-electron chi connectivity index (χ2n) is 4.57. The van der Waals surface area contributed by atoms with Gasteiger partial charge in [-0.05, 0) is 36.4 Å². The summed E-state index contributed by atoms with van der Waals surface area (Å²) in [6.45, 7) is 0. The summed E-state index contributed by atoms with van der Waals surface area (Å²) in [6, 6.07) is 13.9. The number of benzene rings is 2. The maximum atomic E-state index is 12.2. The topological polar surface area (TPSA) is 77.2 Å². The molecule has 116 valence electrons. The molecule has 3 rings (SSSR count). The second kappa shape index (κ2) is 6.50. The molecule has 0 unspecified atom stereocenters. The zero-order valence-corrected chi connectivity index (χ0v) is 12.9. The molecule has 1 heterocycles. The van der Waals surface area contributed by atoms with Crippen LogP contribution in [0.1, 0.15) is 10.7 Å². The van der Waals surface area contributed by atoms with E-state index in [1.54, 1.807) is 48.5 Å².